The molecule has 0 radical (unpaired) electrons. The second-order valence-corrected chi connectivity index (χ2v) is 6.27. The van der Waals surface area contributed by atoms with Gasteiger partial charge >= 0.3 is 5.97 Å². The van der Waals surface area contributed by atoms with Gasteiger partial charge in [0, 0.05) is 57.2 Å². The number of hydrogen-bond donors (Lipinski definition) is 1. The van der Waals surface area contributed by atoms with Gasteiger partial charge in [-0.05, 0) is 6.92 Å². The summed E-state index contributed by atoms with van der Waals surface area (Å²) in [7, 11) is 1.93. The van der Waals surface area contributed by atoms with E-state index in [0.29, 0.717) is 13.1 Å². The summed E-state index contributed by atoms with van der Waals surface area (Å²) in [6.07, 6.45) is 4.52. The number of aryl methyl sites for hydroxylation is 1. The minimum atomic E-state index is -1.04. The lowest BCUT2D eigenvalue weighted by atomic mass is 10.2. The smallest absolute Gasteiger partial charge is 0.338 e. The number of amides is 1. The molecule has 1 fully saturated rings. The summed E-state index contributed by atoms with van der Waals surface area (Å²) in [4.78, 5) is 27.3. The standard InChI is InChI=1S/C16H22N6O3/c1-12-13(7-17-19(12)2)9-20-3-5-21(6-4-20)15(23)11-22-10-14(8-18-22)16(24)25/h7-8,10H,3-6,9,11H2,1-2H3,(H,24,25). The van der Waals surface area contributed by atoms with Crippen LogP contribution < -0.4 is 0 Å². The van der Waals surface area contributed by atoms with Gasteiger partial charge in [0.1, 0.15) is 6.54 Å². The summed E-state index contributed by atoms with van der Waals surface area (Å²) in [6, 6.07) is 0. The second kappa shape index (κ2) is 7.06. The molecule has 25 heavy (non-hydrogen) atoms. The van der Waals surface area contributed by atoms with Crippen LogP contribution in [0.5, 0.6) is 0 Å². The zero-order valence-corrected chi connectivity index (χ0v) is 14.4. The minimum absolute atomic E-state index is 0.0442. The van der Waals surface area contributed by atoms with Crippen LogP contribution in [-0.4, -0.2) is 72.5 Å². The molecule has 0 spiro atoms. The van der Waals surface area contributed by atoms with Crippen LogP contribution in [0.4, 0.5) is 0 Å². The predicted octanol–water partition coefficient (Wildman–Crippen LogP) is -0.0324. The van der Waals surface area contributed by atoms with E-state index in [9.17, 15) is 9.59 Å². The SMILES string of the molecule is Cc1c(CN2CCN(C(=O)Cn3cc(C(=O)O)cn3)CC2)cnn1C. The van der Waals surface area contributed by atoms with E-state index in [4.69, 9.17) is 5.11 Å². The Balaban J connectivity index is 1.50. The normalized spacial score (nSPS) is 15.5. The molecule has 3 heterocycles. The molecule has 1 amide bonds. The number of carbonyl (C=O) groups excluding carboxylic acids is 1. The first-order valence-corrected chi connectivity index (χ1v) is 8.17. The molecule has 9 heteroatoms. The van der Waals surface area contributed by atoms with Gasteiger partial charge in [0.2, 0.25) is 5.91 Å². The predicted molar refractivity (Wildman–Crippen MR) is 89.0 cm³/mol. The Morgan fingerprint density at radius 2 is 1.88 bits per heavy atom. The van der Waals surface area contributed by atoms with Gasteiger partial charge in [0.25, 0.3) is 0 Å². The average Bonchev–Trinajstić information content (AvgIpc) is 3.18. The van der Waals surface area contributed by atoms with Crippen molar-refractivity contribution in [2.75, 3.05) is 26.2 Å². The Kier molecular flexibility index (Phi) is 4.84. The first kappa shape index (κ1) is 17.2. The number of hydrogen-bond acceptors (Lipinski definition) is 5. The molecular formula is C16H22N6O3. The molecule has 3 rings (SSSR count). The van der Waals surface area contributed by atoms with E-state index >= 15 is 0 Å². The van der Waals surface area contributed by atoms with Gasteiger partial charge in [0.15, 0.2) is 0 Å². The summed E-state index contributed by atoms with van der Waals surface area (Å²) in [5.41, 5.74) is 2.45. The highest BCUT2D eigenvalue weighted by Crippen LogP contribution is 2.12. The van der Waals surface area contributed by atoms with Crippen molar-refractivity contribution in [2.24, 2.45) is 7.05 Å². The second-order valence-electron chi connectivity index (χ2n) is 6.27. The van der Waals surface area contributed by atoms with Crippen LogP contribution >= 0.6 is 0 Å². The summed E-state index contributed by atoms with van der Waals surface area (Å²) >= 11 is 0. The quantitative estimate of drug-likeness (QED) is 0.817. The summed E-state index contributed by atoms with van der Waals surface area (Å²) in [5.74, 6) is -1.09. The van der Waals surface area contributed by atoms with Crippen molar-refractivity contribution in [1.29, 1.82) is 0 Å². The van der Waals surface area contributed by atoms with E-state index in [2.05, 4.69) is 22.0 Å². The van der Waals surface area contributed by atoms with Crippen molar-refractivity contribution in [2.45, 2.75) is 20.0 Å². The maximum atomic E-state index is 12.4. The van der Waals surface area contributed by atoms with Crippen LogP contribution in [0.1, 0.15) is 21.6 Å². The van der Waals surface area contributed by atoms with Crippen LogP contribution in [0.25, 0.3) is 0 Å². The van der Waals surface area contributed by atoms with Crippen molar-refractivity contribution < 1.29 is 14.7 Å². The first-order chi connectivity index (χ1) is 11.9. The van der Waals surface area contributed by atoms with Crippen molar-refractivity contribution in [3.63, 3.8) is 0 Å². The van der Waals surface area contributed by atoms with Crippen LogP contribution in [0.15, 0.2) is 18.6 Å². The van der Waals surface area contributed by atoms with Gasteiger partial charge in [-0.15, -0.1) is 0 Å². The third kappa shape index (κ3) is 3.87. The highest BCUT2D eigenvalue weighted by atomic mass is 16.4. The molecule has 0 bridgehead atoms. The van der Waals surface area contributed by atoms with Crippen LogP contribution in [0.3, 0.4) is 0 Å². The molecule has 0 unspecified atom stereocenters. The average molecular weight is 346 g/mol. The lowest BCUT2D eigenvalue weighted by molar-refractivity contribution is -0.133. The van der Waals surface area contributed by atoms with Crippen molar-refractivity contribution in [3.8, 4) is 0 Å². The number of nitrogens with zero attached hydrogens (tertiary/aromatic N) is 6. The zero-order chi connectivity index (χ0) is 18.0. The van der Waals surface area contributed by atoms with Gasteiger partial charge in [-0.25, -0.2) is 4.79 Å². The van der Waals surface area contributed by atoms with E-state index in [-0.39, 0.29) is 18.0 Å². The van der Waals surface area contributed by atoms with Gasteiger partial charge in [0.05, 0.1) is 18.0 Å². The van der Waals surface area contributed by atoms with Crippen molar-refractivity contribution in [1.82, 2.24) is 29.4 Å². The van der Waals surface area contributed by atoms with Gasteiger partial charge in [-0.1, -0.05) is 0 Å². The molecule has 0 aliphatic carbocycles. The van der Waals surface area contributed by atoms with Crippen molar-refractivity contribution in [3.05, 3.63) is 35.4 Å². The summed E-state index contributed by atoms with van der Waals surface area (Å²) in [5, 5.41) is 17.1. The van der Waals surface area contributed by atoms with E-state index in [1.165, 1.54) is 22.6 Å². The fraction of sp³-hybridized carbons (Fsp3) is 0.500. The zero-order valence-electron chi connectivity index (χ0n) is 14.4. The minimum Gasteiger partial charge on any atom is -0.478 e. The Bertz CT molecular complexity index is 773. The maximum Gasteiger partial charge on any atom is 0.338 e. The molecule has 0 aromatic carbocycles. The Labute approximate surface area is 145 Å². The number of aromatic nitrogens is 4. The molecule has 0 saturated carbocycles. The lowest BCUT2D eigenvalue weighted by Gasteiger charge is -2.34. The highest BCUT2D eigenvalue weighted by Gasteiger charge is 2.22. The third-order valence-corrected chi connectivity index (χ3v) is 4.63. The molecule has 1 N–H and O–H groups in total. The van der Waals surface area contributed by atoms with E-state index in [1.54, 1.807) is 4.90 Å². The molecular weight excluding hydrogens is 324 g/mol. The number of carboxylic acids is 1. The van der Waals surface area contributed by atoms with Gasteiger partial charge < -0.3 is 10.0 Å². The molecule has 0 atom stereocenters. The summed E-state index contributed by atoms with van der Waals surface area (Å²) in [6.45, 7) is 5.88. The third-order valence-electron chi connectivity index (χ3n) is 4.63. The number of piperazine rings is 1. The number of carbonyl (C=O) groups is 2. The van der Waals surface area contributed by atoms with Crippen LogP contribution in [0.2, 0.25) is 0 Å². The number of aromatic carboxylic acids is 1. The largest absolute Gasteiger partial charge is 0.478 e. The van der Waals surface area contributed by atoms with E-state index in [1.807, 2.05) is 17.9 Å². The van der Waals surface area contributed by atoms with Gasteiger partial charge in [-0.3, -0.25) is 19.1 Å². The van der Waals surface area contributed by atoms with Crippen LogP contribution in [-0.2, 0) is 24.9 Å². The van der Waals surface area contributed by atoms with E-state index in [0.717, 1.165) is 25.3 Å². The monoisotopic (exact) mass is 346 g/mol. The maximum absolute atomic E-state index is 12.4. The fourth-order valence-corrected chi connectivity index (χ4v) is 2.89. The summed E-state index contributed by atoms with van der Waals surface area (Å²) < 4.78 is 3.24. The Hall–Kier alpha value is -2.68. The Morgan fingerprint density at radius 1 is 1.16 bits per heavy atom. The topological polar surface area (TPSA) is 96.5 Å². The number of rotatable bonds is 5. The lowest BCUT2D eigenvalue weighted by Crippen LogP contribution is -2.49. The molecule has 2 aromatic rings. The Morgan fingerprint density at radius 3 is 2.44 bits per heavy atom. The molecule has 134 valence electrons. The molecule has 2 aromatic heterocycles. The highest BCUT2D eigenvalue weighted by molar-refractivity contribution is 5.87. The molecule has 1 saturated heterocycles. The van der Waals surface area contributed by atoms with Crippen molar-refractivity contribution >= 4 is 11.9 Å². The molecule has 1 aliphatic rings. The first-order valence-electron chi connectivity index (χ1n) is 8.17. The number of carboxylic acid groups (broad SMARTS) is 1. The van der Waals surface area contributed by atoms with E-state index < -0.39 is 5.97 Å². The molecule has 1 aliphatic heterocycles. The fourth-order valence-electron chi connectivity index (χ4n) is 2.89. The van der Waals surface area contributed by atoms with Gasteiger partial charge in [-0.2, -0.15) is 10.2 Å². The van der Waals surface area contributed by atoms with Crippen LogP contribution in [0, 0.1) is 6.92 Å². The molecule has 9 nitrogen and oxygen atoms in total.